The summed E-state index contributed by atoms with van der Waals surface area (Å²) in [6.07, 6.45) is 1.86. The van der Waals surface area contributed by atoms with Crippen LogP contribution in [0.1, 0.15) is 12.8 Å². The van der Waals surface area contributed by atoms with E-state index in [1.165, 1.54) is 7.11 Å². The van der Waals surface area contributed by atoms with Crippen molar-refractivity contribution in [3.8, 4) is 6.07 Å². The van der Waals surface area contributed by atoms with Crippen LogP contribution in [0.3, 0.4) is 0 Å². The summed E-state index contributed by atoms with van der Waals surface area (Å²) >= 11 is 0. The molecule has 1 rings (SSSR count). The number of likely N-dealkylation sites (tertiary alicyclic amines) is 1. The highest BCUT2D eigenvalue weighted by molar-refractivity contribution is 5.72. The highest BCUT2D eigenvalue weighted by Crippen LogP contribution is 2.16. The first-order chi connectivity index (χ1) is 6.27. The topological polar surface area (TPSA) is 53.3 Å². The Balaban J connectivity index is 2.42. The largest absolute Gasteiger partial charge is 0.469 e. The van der Waals surface area contributed by atoms with Crippen LogP contribution in [0.25, 0.3) is 0 Å². The van der Waals surface area contributed by atoms with Crippen LogP contribution in [-0.4, -0.2) is 37.6 Å². The first-order valence-corrected chi connectivity index (χ1v) is 4.45. The Morgan fingerprint density at radius 3 is 3.15 bits per heavy atom. The predicted molar refractivity (Wildman–Crippen MR) is 46.8 cm³/mol. The van der Waals surface area contributed by atoms with Crippen LogP contribution in [-0.2, 0) is 9.53 Å². The van der Waals surface area contributed by atoms with E-state index >= 15 is 0 Å². The number of nitriles is 1. The van der Waals surface area contributed by atoms with Crippen LogP contribution >= 0.6 is 0 Å². The molecule has 0 saturated carbocycles. The van der Waals surface area contributed by atoms with Crippen molar-refractivity contribution in [2.75, 3.05) is 26.7 Å². The Hall–Kier alpha value is -1.08. The van der Waals surface area contributed by atoms with E-state index in [-0.39, 0.29) is 11.9 Å². The summed E-state index contributed by atoms with van der Waals surface area (Å²) in [5, 5.41) is 8.49. The zero-order chi connectivity index (χ0) is 9.68. The van der Waals surface area contributed by atoms with Crippen molar-refractivity contribution in [2.45, 2.75) is 12.8 Å². The van der Waals surface area contributed by atoms with Crippen LogP contribution in [0.4, 0.5) is 0 Å². The van der Waals surface area contributed by atoms with Gasteiger partial charge in [0.15, 0.2) is 0 Å². The number of piperidine rings is 1. The second-order valence-corrected chi connectivity index (χ2v) is 3.26. The summed E-state index contributed by atoms with van der Waals surface area (Å²) in [5.74, 6) is -0.185. The van der Waals surface area contributed by atoms with Crippen molar-refractivity contribution in [3.05, 3.63) is 0 Å². The molecule has 0 aliphatic carbocycles. The smallest absolute Gasteiger partial charge is 0.309 e. The molecule has 0 aromatic heterocycles. The van der Waals surface area contributed by atoms with Gasteiger partial charge in [-0.1, -0.05) is 0 Å². The third-order valence-electron chi connectivity index (χ3n) is 2.33. The van der Waals surface area contributed by atoms with E-state index < -0.39 is 0 Å². The molecule has 4 heteroatoms. The first-order valence-electron chi connectivity index (χ1n) is 4.45. The molecule has 13 heavy (non-hydrogen) atoms. The molecule has 0 bridgehead atoms. The minimum atomic E-state index is -0.150. The van der Waals surface area contributed by atoms with Gasteiger partial charge in [0.25, 0.3) is 0 Å². The molecule has 1 aliphatic rings. The van der Waals surface area contributed by atoms with Gasteiger partial charge >= 0.3 is 5.97 Å². The minimum Gasteiger partial charge on any atom is -0.469 e. The second kappa shape index (κ2) is 4.83. The van der Waals surface area contributed by atoms with Gasteiger partial charge in [0.2, 0.25) is 0 Å². The molecule has 0 spiro atoms. The number of hydrogen-bond donors (Lipinski definition) is 0. The van der Waals surface area contributed by atoms with E-state index in [0.29, 0.717) is 13.1 Å². The zero-order valence-corrected chi connectivity index (χ0v) is 7.82. The van der Waals surface area contributed by atoms with Crippen molar-refractivity contribution >= 4 is 5.97 Å². The van der Waals surface area contributed by atoms with Gasteiger partial charge in [0, 0.05) is 6.54 Å². The predicted octanol–water partition coefficient (Wildman–Crippen LogP) is 0.395. The maximum absolute atomic E-state index is 11.2. The van der Waals surface area contributed by atoms with Crippen molar-refractivity contribution < 1.29 is 9.53 Å². The molecule has 1 heterocycles. The van der Waals surface area contributed by atoms with Crippen molar-refractivity contribution in [1.29, 1.82) is 5.26 Å². The number of rotatable bonds is 2. The average molecular weight is 182 g/mol. The maximum Gasteiger partial charge on any atom is 0.309 e. The molecule has 1 aliphatic heterocycles. The standard InChI is InChI=1S/C9H14N2O2/c1-13-9(12)8-3-2-5-11(7-8)6-4-10/h8H,2-3,5-7H2,1H3. The van der Waals surface area contributed by atoms with E-state index in [9.17, 15) is 4.79 Å². The van der Waals surface area contributed by atoms with Crippen LogP contribution in [0.15, 0.2) is 0 Å². The fourth-order valence-corrected chi connectivity index (χ4v) is 1.66. The summed E-state index contributed by atoms with van der Waals surface area (Å²) in [6, 6.07) is 2.09. The Bertz CT molecular complexity index is 222. The van der Waals surface area contributed by atoms with Crippen molar-refractivity contribution in [2.24, 2.45) is 5.92 Å². The third-order valence-corrected chi connectivity index (χ3v) is 2.33. The lowest BCUT2D eigenvalue weighted by molar-refractivity contribution is -0.147. The lowest BCUT2D eigenvalue weighted by atomic mass is 9.98. The molecule has 0 radical (unpaired) electrons. The summed E-state index contributed by atoms with van der Waals surface area (Å²) in [5.41, 5.74) is 0. The van der Waals surface area contributed by atoms with Crippen LogP contribution in [0.5, 0.6) is 0 Å². The maximum atomic E-state index is 11.2. The average Bonchev–Trinajstić information content (AvgIpc) is 2.18. The number of carbonyl (C=O) groups is 1. The van der Waals surface area contributed by atoms with Gasteiger partial charge in [-0.3, -0.25) is 9.69 Å². The number of ether oxygens (including phenoxy) is 1. The van der Waals surface area contributed by atoms with Gasteiger partial charge in [-0.25, -0.2) is 0 Å². The van der Waals surface area contributed by atoms with Gasteiger partial charge in [0.1, 0.15) is 0 Å². The molecule has 1 atom stereocenters. The van der Waals surface area contributed by atoms with E-state index in [2.05, 4.69) is 10.8 Å². The summed E-state index contributed by atoms with van der Waals surface area (Å²) in [6.45, 7) is 1.99. The van der Waals surface area contributed by atoms with Crippen LogP contribution in [0, 0.1) is 17.2 Å². The third kappa shape index (κ3) is 2.71. The molecule has 0 amide bonds. The Morgan fingerprint density at radius 1 is 1.77 bits per heavy atom. The Kier molecular flexibility index (Phi) is 3.71. The van der Waals surface area contributed by atoms with E-state index in [1.807, 2.05) is 4.90 Å². The van der Waals surface area contributed by atoms with E-state index in [0.717, 1.165) is 19.4 Å². The molecule has 4 nitrogen and oxygen atoms in total. The number of esters is 1. The molecular weight excluding hydrogens is 168 g/mol. The molecule has 0 N–H and O–H groups in total. The van der Waals surface area contributed by atoms with E-state index in [4.69, 9.17) is 5.26 Å². The number of methoxy groups -OCH3 is 1. The molecule has 1 fully saturated rings. The number of carbonyl (C=O) groups excluding carboxylic acids is 1. The Labute approximate surface area is 78.1 Å². The summed E-state index contributed by atoms with van der Waals surface area (Å²) in [4.78, 5) is 13.2. The molecule has 1 unspecified atom stereocenters. The highest BCUT2D eigenvalue weighted by Gasteiger charge is 2.25. The van der Waals surface area contributed by atoms with Crippen molar-refractivity contribution in [1.82, 2.24) is 4.90 Å². The van der Waals surface area contributed by atoms with Crippen molar-refractivity contribution in [3.63, 3.8) is 0 Å². The fourth-order valence-electron chi connectivity index (χ4n) is 1.66. The zero-order valence-electron chi connectivity index (χ0n) is 7.82. The van der Waals surface area contributed by atoms with E-state index in [1.54, 1.807) is 0 Å². The monoisotopic (exact) mass is 182 g/mol. The molecule has 0 aromatic carbocycles. The van der Waals surface area contributed by atoms with Gasteiger partial charge in [-0.2, -0.15) is 5.26 Å². The van der Waals surface area contributed by atoms with Gasteiger partial charge in [-0.15, -0.1) is 0 Å². The minimum absolute atomic E-state index is 0.0351. The lowest BCUT2D eigenvalue weighted by Gasteiger charge is -2.29. The van der Waals surface area contributed by atoms with Crippen LogP contribution < -0.4 is 0 Å². The highest BCUT2D eigenvalue weighted by atomic mass is 16.5. The van der Waals surface area contributed by atoms with Gasteiger partial charge in [-0.05, 0) is 19.4 Å². The molecule has 0 aromatic rings. The lowest BCUT2D eigenvalue weighted by Crippen LogP contribution is -2.39. The summed E-state index contributed by atoms with van der Waals surface area (Å²) in [7, 11) is 1.41. The van der Waals surface area contributed by atoms with Crippen LogP contribution in [0.2, 0.25) is 0 Å². The second-order valence-electron chi connectivity index (χ2n) is 3.26. The first kappa shape index (κ1) is 10.0. The molecular formula is C9H14N2O2. The number of nitrogens with zero attached hydrogens (tertiary/aromatic N) is 2. The molecule has 1 saturated heterocycles. The Morgan fingerprint density at radius 2 is 2.54 bits per heavy atom. The normalized spacial score (nSPS) is 23.5. The number of hydrogen-bond acceptors (Lipinski definition) is 4. The fraction of sp³-hybridized carbons (Fsp3) is 0.778. The molecule has 72 valence electrons. The van der Waals surface area contributed by atoms with Gasteiger partial charge in [0.05, 0.1) is 25.6 Å². The quantitative estimate of drug-likeness (QED) is 0.458. The summed E-state index contributed by atoms with van der Waals surface area (Å²) < 4.78 is 4.67. The van der Waals surface area contributed by atoms with Gasteiger partial charge < -0.3 is 4.74 Å². The SMILES string of the molecule is COC(=O)C1CCCN(CC#N)C1.